The van der Waals surface area contributed by atoms with E-state index in [-0.39, 0.29) is 10.8 Å². The Kier molecular flexibility index (Phi) is 5.46. The molecule has 6 heteroatoms. The second-order valence-electron chi connectivity index (χ2n) is 4.90. The van der Waals surface area contributed by atoms with Crippen LogP contribution in [0.1, 0.15) is 24.5 Å². The Hall–Kier alpha value is -0.980. The Morgan fingerprint density at radius 3 is 2.32 bits per heavy atom. The Labute approximate surface area is 114 Å². The fourth-order valence-corrected chi connectivity index (χ4v) is 3.65. The van der Waals surface area contributed by atoms with Gasteiger partial charge in [-0.05, 0) is 56.0 Å². The van der Waals surface area contributed by atoms with Gasteiger partial charge in [0.25, 0.3) is 0 Å². The maximum Gasteiger partial charge on any atom is 0.241 e. The Balaban J connectivity index is 2.95. The second kappa shape index (κ2) is 6.45. The van der Waals surface area contributed by atoms with Crippen LogP contribution in [-0.4, -0.2) is 21.5 Å². The summed E-state index contributed by atoms with van der Waals surface area (Å²) in [6.07, 6.45) is 0.754. The molecule has 1 aromatic rings. The van der Waals surface area contributed by atoms with Crippen molar-refractivity contribution < 1.29 is 12.8 Å². The largest absolute Gasteiger partial charge is 0.330 e. The van der Waals surface area contributed by atoms with Crippen LogP contribution in [-0.2, 0) is 10.0 Å². The zero-order chi connectivity index (χ0) is 14.6. The number of halogens is 1. The van der Waals surface area contributed by atoms with Crippen molar-refractivity contribution in [3.8, 4) is 0 Å². The molecule has 3 N–H and O–H groups in total. The van der Waals surface area contributed by atoms with Crippen LogP contribution in [0.5, 0.6) is 0 Å². The third kappa shape index (κ3) is 4.26. The molecule has 0 aliphatic rings. The molecule has 0 aliphatic heterocycles. The van der Waals surface area contributed by atoms with Gasteiger partial charge >= 0.3 is 0 Å². The first-order valence-electron chi connectivity index (χ1n) is 6.24. The Morgan fingerprint density at radius 2 is 1.84 bits per heavy atom. The van der Waals surface area contributed by atoms with Gasteiger partial charge in [0.05, 0.1) is 4.90 Å². The monoisotopic (exact) mass is 288 g/mol. The minimum atomic E-state index is -3.61. The summed E-state index contributed by atoms with van der Waals surface area (Å²) in [6, 6.07) is 2.45. The normalized spacial score (nSPS) is 13.5. The van der Waals surface area contributed by atoms with Crippen LogP contribution in [0.2, 0.25) is 0 Å². The van der Waals surface area contributed by atoms with Crippen LogP contribution in [0.15, 0.2) is 17.0 Å². The fraction of sp³-hybridized carbons (Fsp3) is 0.538. The number of hydrogen-bond donors (Lipinski definition) is 2. The van der Waals surface area contributed by atoms with E-state index in [9.17, 15) is 12.8 Å². The summed E-state index contributed by atoms with van der Waals surface area (Å²) in [5.74, 6) is -0.258. The van der Waals surface area contributed by atoms with Crippen LogP contribution in [0.25, 0.3) is 0 Å². The standard InChI is InChI=1S/C13H21FN2O2S/c1-9(4-5-15)8-16-19(17,18)13-10(2)6-12(14)7-11(13)3/h6-7,9,16H,4-5,8,15H2,1-3H3. The first-order valence-corrected chi connectivity index (χ1v) is 7.72. The molecule has 4 nitrogen and oxygen atoms in total. The van der Waals surface area contributed by atoms with E-state index in [0.29, 0.717) is 24.2 Å². The second-order valence-corrected chi connectivity index (χ2v) is 6.61. The minimum Gasteiger partial charge on any atom is -0.330 e. The maximum absolute atomic E-state index is 13.2. The quantitative estimate of drug-likeness (QED) is 0.837. The van der Waals surface area contributed by atoms with Crippen molar-refractivity contribution in [2.75, 3.05) is 13.1 Å². The summed E-state index contributed by atoms with van der Waals surface area (Å²) >= 11 is 0. The minimum absolute atomic E-state index is 0.161. The van der Waals surface area contributed by atoms with Crippen molar-refractivity contribution in [2.45, 2.75) is 32.1 Å². The Bertz CT molecular complexity index is 521. The highest BCUT2D eigenvalue weighted by molar-refractivity contribution is 7.89. The number of nitrogens with two attached hydrogens (primary N) is 1. The van der Waals surface area contributed by atoms with E-state index in [1.54, 1.807) is 13.8 Å². The number of benzene rings is 1. The molecule has 0 saturated carbocycles. The lowest BCUT2D eigenvalue weighted by Crippen LogP contribution is -2.30. The molecular weight excluding hydrogens is 267 g/mol. The smallest absolute Gasteiger partial charge is 0.241 e. The molecule has 19 heavy (non-hydrogen) atoms. The average Bonchev–Trinajstić information content (AvgIpc) is 2.25. The van der Waals surface area contributed by atoms with E-state index < -0.39 is 15.8 Å². The van der Waals surface area contributed by atoms with Crippen LogP contribution in [0.3, 0.4) is 0 Å². The molecule has 1 unspecified atom stereocenters. The molecule has 0 radical (unpaired) electrons. The van der Waals surface area contributed by atoms with Crippen molar-refractivity contribution in [1.29, 1.82) is 0 Å². The molecule has 1 aromatic carbocycles. The maximum atomic E-state index is 13.2. The molecule has 0 amide bonds. The summed E-state index contributed by atoms with van der Waals surface area (Å²) < 4.78 is 40.2. The number of rotatable bonds is 6. The van der Waals surface area contributed by atoms with Crippen molar-refractivity contribution >= 4 is 10.0 Å². The third-order valence-electron chi connectivity index (χ3n) is 2.98. The number of hydrogen-bond acceptors (Lipinski definition) is 3. The van der Waals surface area contributed by atoms with Gasteiger partial charge in [0.15, 0.2) is 0 Å². The summed E-state index contributed by atoms with van der Waals surface area (Å²) in [4.78, 5) is 0.161. The molecule has 0 heterocycles. The van der Waals surface area contributed by atoms with Crippen LogP contribution in [0.4, 0.5) is 4.39 Å². The van der Waals surface area contributed by atoms with Crippen LogP contribution < -0.4 is 10.5 Å². The van der Waals surface area contributed by atoms with E-state index >= 15 is 0 Å². The summed E-state index contributed by atoms with van der Waals surface area (Å²) in [5.41, 5.74) is 6.25. The number of aryl methyl sites for hydroxylation is 2. The summed E-state index contributed by atoms with van der Waals surface area (Å²) in [5, 5.41) is 0. The molecule has 0 spiro atoms. The van der Waals surface area contributed by atoms with Crippen molar-refractivity contribution in [2.24, 2.45) is 11.7 Å². The predicted molar refractivity (Wildman–Crippen MR) is 73.9 cm³/mol. The SMILES string of the molecule is Cc1cc(F)cc(C)c1S(=O)(=O)NCC(C)CCN. The lowest BCUT2D eigenvalue weighted by Gasteiger charge is -2.15. The fourth-order valence-electron chi connectivity index (χ4n) is 2.03. The molecule has 0 saturated heterocycles. The number of nitrogens with one attached hydrogen (secondary N) is 1. The van der Waals surface area contributed by atoms with E-state index in [1.165, 1.54) is 12.1 Å². The molecule has 0 aliphatic carbocycles. The first-order chi connectivity index (χ1) is 8.77. The molecule has 0 aromatic heterocycles. The first kappa shape index (κ1) is 16.1. The van der Waals surface area contributed by atoms with Gasteiger partial charge in [-0.1, -0.05) is 6.92 Å². The Morgan fingerprint density at radius 1 is 1.32 bits per heavy atom. The summed E-state index contributed by atoms with van der Waals surface area (Å²) in [6.45, 7) is 5.97. The van der Waals surface area contributed by atoms with Gasteiger partial charge in [-0.3, -0.25) is 0 Å². The van der Waals surface area contributed by atoms with E-state index in [4.69, 9.17) is 5.73 Å². The van der Waals surface area contributed by atoms with E-state index in [2.05, 4.69) is 4.72 Å². The van der Waals surface area contributed by atoms with E-state index in [0.717, 1.165) is 6.42 Å². The van der Waals surface area contributed by atoms with Gasteiger partial charge in [-0.25, -0.2) is 17.5 Å². The van der Waals surface area contributed by atoms with Gasteiger partial charge in [0.2, 0.25) is 10.0 Å². The van der Waals surface area contributed by atoms with Gasteiger partial charge in [-0.15, -0.1) is 0 Å². The highest BCUT2D eigenvalue weighted by Crippen LogP contribution is 2.21. The van der Waals surface area contributed by atoms with E-state index in [1.807, 2.05) is 6.92 Å². The highest BCUT2D eigenvalue weighted by atomic mass is 32.2. The predicted octanol–water partition coefficient (Wildman–Crippen LogP) is 1.71. The highest BCUT2D eigenvalue weighted by Gasteiger charge is 2.20. The lowest BCUT2D eigenvalue weighted by molar-refractivity contribution is 0.515. The zero-order valence-corrected chi connectivity index (χ0v) is 12.3. The van der Waals surface area contributed by atoms with Crippen molar-refractivity contribution in [3.63, 3.8) is 0 Å². The molecule has 1 atom stereocenters. The third-order valence-corrected chi connectivity index (χ3v) is 4.70. The van der Waals surface area contributed by atoms with Gasteiger partial charge in [0.1, 0.15) is 5.82 Å². The lowest BCUT2D eigenvalue weighted by atomic mass is 10.1. The zero-order valence-electron chi connectivity index (χ0n) is 11.5. The van der Waals surface area contributed by atoms with Gasteiger partial charge < -0.3 is 5.73 Å². The van der Waals surface area contributed by atoms with Crippen molar-refractivity contribution in [3.05, 3.63) is 29.1 Å². The van der Waals surface area contributed by atoms with Crippen molar-refractivity contribution in [1.82, 2.24) is 4.72 Å². The molecule has 0 bridgehead atoms. The molecule has 0 fully saturated rings. The summed E-state index contributed by atoms with van der Waals surface area (Å²) in [7, 11) is -3.61. The van der Waals surface area contributed by atoms with Gasteiger partial charge in [0, 0.05) is 6.54 Å². The molecule has 108 valence electrons. The topological polar surface area (TPSA) is 72.2 Å². The van der Waals surface area contributed by atoms with Gasteiger partial charge in [-0.2, -0.15) is 0 Å². The van der Waals surface area contributed by atoms with Crippen LogP contribution >= 0.6 is 0 Å². The number of sulfonamides is 1. The van der Waals surface area contributed by atoms with Crippen LogP contribution in [0, 0.1) is 25.6 Å². The average molecular weight is 288 g/mol. The molecule has 1 rings (SSSR count). The molecular formula is C13H21FN2O2S.